The number of sulfonamides is 1. The zero-order chi connectivity index (χ0) is 22.9. The monoisotopic (exact) mass is 460 g/mol. The summed E-state index contributed by atoms with van der Waals surface area (Å²) in [6.07, 6.45) is 0.599. The molecule has 1 N–H and O–H groups in total. The van der Waals surface area contributed by atoms with Gasteiger partial charge in [0.1, 0.15) is 17.1 Å². The van der Waals surface area contributed by atoms with Crippen LogP contribution < -0.4 is 14.8 Å². The van der Waals surface area contributed by atoms with Crippen molar-refractivity contribution >= 4 is 15.9 Å². The van der Waals surface area contributed by atoms with E-state index in [2.05, 4.69) is 5.32 Å². The smallest absolute Gasteiger partial charge is 0.251 e. The van der Waals surface area contributed by atoms with Crippen LogP contribution in [0.1, 0.15) is 42.2 Å². The molecule has 0 aliphatic carbocycles. The maximum absolute atomic E-state index is 13.0. The Morgan fingerprint density at radius 3 is 2.47 bits per heavy atom. The predicted octanol–water partition coefficient (Wildman–Crippen LogP) is 2.75. The van der Waals surface area contributed by atoms with Crippen molar-refractivity contribution in [3.63, 3.8) is 0 Å². The summed E-state index contributed by atoms with van der Waals surface area (Å²) in [5.74, 6) is 1.09. The number of nitrogens with one attached hydrogen (secondary N) is 1. The summed E-state index contributed by atoms with van der Waals surface area (Å²) in [5.41, 5.74) is 0.809. The second-order valence-corrected chi connectivity index (χ2v) is 10.5. The van der Waals surface area contributed by atoms with Gasteiger partial charge in [-0.25, -0.2) is 8.42 Å². The van der Waals surface area contributed by atoms with Gasteiger partial charge in [-0.1, -0.05) is 0 Å². The summed E-state index contributed by atoms with van der Waals surface area (Å²) < 4.78 is 43.6. The van der Waals surface area contributed by atoms with Crippen molar-refractivity contribution in [1.29, 1.82) is 0 Å². The molecular formula is C23H28N2O6S. The average molecular weight is 461 g/mol. The van der Waals surface area contributed by atoms with Crippen LogP contribution in [0.5, 0.6) is 11.5 Å². The lowest BCUT2D eigenvalue weighted by Crippen LogP contribution is -2.41. The number of fused-ring (bicyclic) bond motifs is 1. The van der Waals surface area contributed by atoms with E-state index in [1.807, 2.05) is 32.0 Å². The van der Waals surface area contributed by atoms with E-state index < -0.39 is 15.6 Å². The fourth-order valence-corrected chi connectivity index (χ4v) is 5.45. The molecule has 0 unspecified atom stereocenters. The number of carbonyl (C=O) groups is 1. The lowest BCUT2D eigenvalue weighted by Gasteiger charge is -2.38. The summed E-state index contributed by atoms with van der Waals surface area (Å²) in [6, 6.07) is 11.4. The van der Waals surface area contributed by atoms with Crippen LogP contribution in [0.25, 0.3) is 0 Å². The lowest BCUT2D eigenvalue weighted by molar-refractivity contribution is 0.0617. The van der Waals surface area contributed by atoms with E-state index in [9.17, 15) is 13.2 Å². The number of ether oxygens (including phenoxy) is 3. The molecule has 9 heteroatoms. The average Bonchev–Trinajstić information content (AvgIpc) is 2.78. The summed E-state index contributed by atoms with van der Waals surface area (Å²) >= 11 is 0. The molecule has 172 valence electrons. The van der Waals surface area contributed by atoms with Crippen molar-refractivity contribution in [1.82, 2.24) is 9.62 Å². The number of hydrogen-bond donors (Lipinski definition) is 1. The molecule has 0 radical (unpaired) electrons. The molecule has 1 atom stereocenters. The van der Waals surface area contributed by atoms with Crippen LogP contribution in [-0.4, -0.2) is 57.6 Å². The highest BCUT2D eigenvalue weighted by molar-refractivity contribution is 7.89. The van der Waals surface area contributed by atoms with Gasteiger partial charge >= 0.3 is 0 Å². The normalized spacial score (nSPS) is 20.7. The van der Waals surface area contributed by atoms with E-state index in [1.165, 1.54) is 16.4 Å². The van der Waals surface area contributed by atoms with Gasteiger partial charge in [0.15, 0.2) is 0 Å². The highest BCUT2D eigenvalue weighted by atomic mass is 32.2. The Balaban J connectivity index is 1.52. The van der Waals surface area contributed by atoms with Gasteiger partial charge in [-0.2, -0.15) is 4.31 Å². The molecule has 0 aromatic heterocycles. The number of rotatable bonds is 5. The van der Waals surface area contributed by atoms with Crippen LogP contribution in [0.15, 0.2) is 47.4 Å². The van der Waals surface area contributed by atoms with Crippen molar-refractivity contribution in [2.24, 2.45) is 0 Å². The number of morpholine rings is 1. The summed E-state index contributed by atoms with van der Waals surface area (Å²) in [6.45, 7) is 5.37. The predicted molar refractivity (Wildman–Crippen MR) is 119 cm³/mol. The molecular weight excluding hydrogens is 432 g/mol. The number of nitrogens with zero attached hydrogens (tertiary/aromatic N) is 1. The number of benzene rings is 2. The van der Waals surface area contributed by atoms with E-state index in [0.717, 1.165) is 5.56 Å². The third-order valence-corrected chi connectivity index (χ3v) is 7.62. The van der Waals surface area contributed by atoms with Gasteiger partial charge in [-0.15, -0.1) is 0 Å². The fourth-order valence-electron chi connectivity index (χ4n) is 4.04. The largest absolute Gasteiger partial charge is 0.497 e. The molecule has 8 nitrogen and oxygen atoms in total. The van der Waals surface area contributed by atoms with Gasteiger partial charge in [0.05, 0.1) is 31.3 Å². The first-order chi connectivity index (χ1) is 15.2. The van der Waals surface area contributed by atoms with E-state index >= 15 is 0 Å². The van der Waals surface area contributed by atoms with E-state index in [4.69, 9.17) is 14.2 Å². The first kappa shape index (κ1) is 22.6. The van der Waals surface area contributed by atoms with Gasteiger partial charge in [-0.3, -0.25) is 4.79 Å². The van der Waals surface area contributed by atoms with Crippen LogP contribution in [0.2, 0.25) is 0 Å². The highest BCUT2D eigenvalue weighted by Crippen LogP contribution is 2.41. The Hall–Kier alpha value is -2.62. The first-order valence-electron chi connectivity index (χ1n) is 10.6. The molecule has 2 aromatic carbocycles. The minimum Gasteiger partial charge on any atom is -0.497 e. The molecule has 0 saturated carbocycles. The van der Waals surface area contributed by atoms with Crippen molar-refractivity contribution in [2.75, 3.05) is 33.4 Å². The minimum absolute atomic E-state index is 0.167. The van der Waals surface area contributed by atoms with E-state index in [1.54, 1.807) is 19.2 Å². The van der Waals surface area contributed by atoms with E-state index in [0.29, 0.717) is 49.8 Å². The zero-order valence-corrected chi connectivity index (χ0v) is 19.3. The van der Waals surface area contributed by atoms with Crippen LogP contribution in [-0.2, 0) is 14.8 Å². The van der Waals surface area contributed by atoms with Crippen LogP contribution in [0, 0.1) is 0 Å². The number of carbonyl (C=O) groups excluding carboxylic acids is 1. The van der Waals surface area contributed by atoms with E-state index in [-0.39, 0.29) is 16.8 Å². The Labute approximate surface area is 188 Å². The molecule has 1 saturated heterocycles. The molecule has 1 fully saturated rings. The second kappa shape index (κ2) is 8.73. The van der Waals surface area contributed by atoms with Crippen molar-refractivity contribution in [3.05, 3.63) is 53.6 Å². The molecule has 2 aliphatic rings. The number of amides is 1. The molecule has 0 bridgehead atoms. The van der Waals surface area contributed by atoms with Crippen LogP contribution in [0.3, 0.4) is 0 Å². The summed E-state index contributed by atoms with van der Waals surface area (Å²) in [5, 5.41) is 3.07. The quantitative estimate of drug-likeness (QED) is 0.737. The Kier molecular flexibility index (Phi) is 6.15. The Morgan fingerprint density at radius 2 is 1.81 bits per heavy atom. The summed E-state index contributed by atoms with van der Waals surface area (Å²) in [4.78, 5) is 13.1. The van der Waals surface area contributed by atoms with Gasteiger partial charge < -0.3 is 19.5 Å². The third kappa shape index (κ3) is 4.60. The number of hydrogen-bond acceptors (Lipinski definition) is 6. The van der Waals surface area contributed by atoms with Crippen molar-refractivity contribution in [2.45, 2.75) is 36.8 Å². The zero-order valence-electron chi connectivity index (χ0n) is 18.5. The SMILES string of the molecule is COc1ccc2c(c1)OC(C)(C)C[C@H]2NC(=O)c1ccc(S(=O)(=O)N2CCOCC2)cc1. The minimum atomic E-state index is -3.60. The molecule has 2 aromatic rings. The molecule has 32 heavy (non-hydrogen) atoms. The number of methoxy groups -OCH3 is 1. The van der Waals surface area contributed by atoms with Gasteiger partial charge in [-0.05, 0) is 50.2 Å². The molecule has 1 amide bonds. The van der Waals surface area contributed by atoms with Crippen LogP contribution >= 0.6 is 0 Å². The first-order valence-corrected chi connectivity index (χ1v) is 12.0. The Bertz CT molecular complexity index is 1090. The van der Waals surface area contributed by atoms with Gasteiger partial charge in [0, 0.05) is 36.7 Å². The molecule has 2 heterocycles. The Morgan fingerprint density at radius 1 is 1.12 bits per heavy atom. The summed E-state index contributed by atoms with van der Waals surface area (Å²) in [7, 11) is -2.01. The molecule has 0 spiro atoms. The second-order valence-electron chi connectivity index (χ2n) is 8.54. The van der Waals surface area contributed by atoms with Gasteiger partial charge in [0.25, 0.3) is 5.91 Å². The molecule has 2 aliphatic heterocycles. The maximum Gasteiger partial charge on any atom is 0.251 e. The third-order valence-electron chi connectivity index (χ3n) is 5.71. The van der Waals surface area contributed by atoms with Crippen molar-refractivity contribution in [3.8, 4) is 11.5 Å². The molecule has 4 rings (SSSR count). The van der Waals surface area contributed by atoms with Crippen LogP contribution in [0.4, 0.5) is 0 Å². The topological polar surface area (TPSA) is 94.2 Å². The van der Waals surface area contributed by atoms with Crippen molar-refractivity contribution < 1.29 is 27.4 Å². The highest BCUT2D eigenvalue weighted by Gasteiger charge is 2.35. The maximum atomic E-state index is 13.0. The lowest BCUT2D eigenvalue weighted by atomic mass is 9.89. The standard InChI is InChI=1S/C23H28N2O6S/c1-23(2)15-20(19-9-6-17(29-3)14-21(19)31-23)24-22(26)16-4-7-18(8-5-16)32(27,28)25-10-12-30-13-11-25/h4-9,14,20H,10-13,15H2,1-3H3,(H,24,26)/t20-/m1/s1. The fraction of sp³-hybridized carbons (Fsp3) is 0.435. The van der Waals surface area contributed by atoms with Gasteiger partial charge in [0.2, 0.25) is 10.0 Å².